The summed E-state index contributed by atoms with van der Waals surface area (Å²) in [5, 5.41) is 7.83. The van der Waals surface area contributed by atoms with Gasteiger partial charge < -0.3 is 9.15 Å². The topological polar surface area (TPSA) is 51.4 Å². The summed E-state index contributed by atoms with van der Waals surface area (Å²) in [6.45, 7) is 3.40. The maximum atomic E-state index is 13.7. The van der Waals surface area contributed by atoms with Crippen LogP contribution in [0.3, 0.4) is 0 Å². The summed E-state index contributed by atoms with van der Waals surface area (Å²) in [6.07, 6.45) is 0.216. The molecule has 23 heavy (non-hydrogen) atoms. The normalized spacial score (nSPS) is 19.2. The largest absolute Gasteiger partial charge is 0.422 e. The molecule has 1 saturated heterocycles. The summed E-state index contributed by atoms with van der Waals surface area (Å²) < 4.78 is 51.1. The molecule has 1 aliphatic heterocycles. The van der Waals surface area contributed by atoms with Crippen molar-refractivity contribution in [2.45, 2.75) is 26.0 Å². The van der Waals surface area contributed by atoms with Crippen molar-refractivity contribution in [2.75, 3.05) is 19.7 Å². The van der Waals surface area contributed by atoms with Crippen molar-refractivity contribution in [3.8, 4) is 0 Å². The number of ether oxygens (including phenoxy) is 1. The van der Waals surface area contributed by atoms with Crippen LogP contribution in [0.2, 0.25) is 0 Å². The molecule has 124 valence electrons. The van der Waals surface area contributed by atoms with Gasteiger partial charge in [-0.2, -0.15) is 0 Å². The molecule has 1 aromatic carbocycles. The summed E-state index contributed by atoms with van der Waals surface area (Å²) in [7, 11) is 0. The molecule has 3 rings (SSSR count). The molecule has 1 unspecified atom stereocenters. The molecule has 0 aliphatic carbocycles. The predicted octanol–water partition coefficient (Wildman–Crippen LogP) is 2.62. The van der Waals surface area contributed by atoms with Gasteiger partial charge in [0.05, 0.1) is 6.61 Å². The Morgan fingerprint density at radius 3 is 2.70 bits per heavy atom. The van der Waals surface area contributed by atoms with E-state index in [4.69, 9.17) is 9.15 Å². The van der Waals surface area contributed by atoms with Gasteiger partial charge in [0, 0.05) is 37.7 Å². The molecule has 0 N–H and O–H groups in total. The third-order valence-corrected chi connectivity index (χ3v) is 3.69. The van der Waals surface area contributed by atoms with E-state index in [0.717, 1.165) is 6.07 Å². The van der Waals surface area contributed by atoms with Gasteiger partial charge in [-0.3, -0.25) is 4.90 Å². The molecule has 2 heterocycles. The van der Waals surface area contributed by atoms with E-state index in [-0.39, 0.29) is 12.1 Å². The minimum absolute atomic E-state index is 0.101. The Morgan fingerprint density at radius 2 is 1.96 bits per heavy atom. The third-order valence-electron chi connectivity index (χ3n) is 3.69. The van der Waals surface area contributed by atoms with Gasteiger partial charge in [-0.15, -0.1) is 10.2 Å². The maximum absolute atomic E-state index is 13.7. The van der Waals surface area contributed by atoms with Gasteiger partial charge in [-0.1, -0.05) is 6.92 Å². The van der Waals surface area contributed by atoms with Crippen LogP contribution < -0.4 is 0 Å². The molecule has 1 fully saturated rings. The van der Waals surface area contributed by atoms with Crippen LogP contribution in [-0.4, -0.2) is 34.8 Å². The molecular formula is C15H16F3N3O2. The number of hydrogen-bond acceptors (Lipinski definition) is 5. The Bertz CT molecular complexity index is 693. The molecule has 0 radical (unpaired) electrons. The molecule has 0 spiro atoms. The van der Waals surface area contributed by atoms with E-state index in [1.807, 2.05) is 11.8 Å². The quantitative estimate of drug-likeness (QED) is 0.808. The van der Waals surface area contributed by atoms with Crippen LogP contribution in [-0.2, 0) is 17.7 Å². The first-order valence-corrected chi connectivity index (χ1v) is 7.36. The number of aromatic nitrogens is 2. The first-order valence-electron chi connectivity index (χ1n) is 7.36. The van der Waals surface area contributed by atoms with Gasteiger partial charge in [-0.05, 0) is 6.07 Å². The van der Waals surface area contributed by atoms with Crippen molar-refractivity contribution in [1.82, 2.24) is 15.1 Å². The van der Waals surface area contributed by atoms with Crippen molar-refractivity contribution >= 4 is 0 Å². The average molecular weight is 327 g/mol. The monoisotopic (exact) mass is 327 g/mol. The van der Waals surface area contributed by atoms with Crippen molar-refractivity contribution in [1.29, 1.82) is 0 Å². The van der Waals surface area contributed by atoms with Crippen molar-refractivity contribution in [3.05, 3.63) is 46.9 Å². The predicted molar refractivity (Wildman–Crippen MR) is 74.0 cm³/mol. The Morgan fingerprint density at radius 1 is 1.17 bits per heavy atom. The van der Waals surface area contributed by atoms with E-state index in [0.29, 0.717) is 44.0 Å². The fourth-order valence-electron chi connectivity index (χ4n) is 2.46. The number of aryl methyl sites for hydroxylation is 1. The lowest BCUT2D eigenvalue weighted by molar-refractivity contribution is -0.0460. The van der Waals surface area contributed by atoms with Crippen molar-refractivity contribution in [2.24, 2.45) is 0 Å². The van der Waals surface area contributed by atoms with E-state index >= 15 is 0 Å². The van der Waals surface area contributed by atoms with Gasteiger partial charge in [-0.25, -0.2) is 13.2 Å². The van der Waals surface area contributed by atoms with Crippen LogP contribution in [0.4, 0.5) is 13.2 Å². The molecule has 5 nitrogen and oxygen atoms in total. The summed E-state index contributed by atoms with van der Waals surface area (Å²) >= 11 is 0. The highest BCUT2D eigenvalue weighted by molar-refractivity contribution is 5.20. The zero-order valence-electron chi connectivity index (χ0n) is 12.6. The SMILES string of the molecule is CCc1nnc(C2CN(Cc3cc(F)c(F)cc3F)CCO2)o1. The van der Waals surface area contributed by atoms with Crippen molar-refractivity contribution < 1.29 is 22.3 Å². The highest BCUT2D eigenvalue weighted by atomic mass is 19.2. The van der Waals surface area contributed by atoms with Crippen LogP contribution in [0, 0.1) is 17.5 Å². The van der Waals surface area contributed by atoms with Crippen LogP contribution in [0.5, 0.6) is 0 Å². The molecular weight excluding hydrogens is 311 g/mol. The second-order valence-corrected chi connectivity index (χ2v) is 5.34. The standard InChI is InChI=1S/C15H16F3N3O2/c1-2-14-19-20-15(23-14)13-8-21(3-4-22-13)7-9-5-11(17)12(18)6-10(9)16/h5-6,13H,2-4,7-8H2,1H3. The fraction of sp³-hybridized carbons (Fsp3) is 0.467. The zero-order valence-corrected chi connectivity index (χ0v) is 12.6. The smallest absolute Gasteiger partial charge is 0.246 e. The average Bonchev–Trinajstić information content (AvgIpc) is 3.02. The molecule has 0 saturated carbocycles. The van der Waals surface area contributed by atoms with Gasteiger partial charge in [0.15, 0.2) is 11.6 Å². The lowest BCUT2D eigenvalue weighted by Crippen LogP contribution is -2.38. The summed E-state index contributed by atoms with van der Waals surface area (Å²) in [5.41, 5.74) is 0.101. The number of morpholine rings is 1. The van der Waals surface area contributed by atoms with E-state index in [1.54, 1.807) is 0 Å². The Hall–Kier alpha value is -1.93. The van der Waals surface area contributed by atoms with Gasteiger partial charge in [0.1, 0.15) is 11.9 Å². The third kappa shape index (κ3) is 3.53. The second kappa shape index (κ2) is 6.67. The number of nitrogens with zero attached hydrogens (tertiary/aromatic N) is 3. The molecule has 1 aromatic heterocycles. The van der Waals surface area contributed by atoms with Crippen LogP contribution in [0.15, 0.2) is 16.5 Å². The Labute approximate surface area is 131 Å². The van der Waals surface area contributed by atoms with E-state index in [9.17, 15) is 13.2 Å². The number of hydrogen-bond donors (Lipinski definition) is 0. The van der Waals surface area contributed by atoms with Gasteiger partial charge >= 0.3 is 0 Å². The van der Waals surface area contributed by atoms with Crippen LogP contribution in [0.1, 0.15) is 30.4 Å². The molecule has 0 amide bonds. The minimum Gasteiger partial charge on any atom is -0.422 e. The Kier molecular flexibility index (Phi) is 4.63. The van der Waals surface area contributed by atoms with Crippen LogP contribution >= 0.6 is 0 Å². The van der Waals surface area contributed by atoms with E-state index < -0.39 is 23.6 Å². The van der Waals surface area contributed by atoms with Crippen LogP contribution in [0.25, 0.3) is 0 Å². The molecule has 1 atom stereocenters. The molecule has 0 bridgehead atoms. The number of halogens is 3. The molecule has 1 aliphatic rings. The van der Waals surface area contributed by atoms with E-state index in [2.05, 4.69) is 10.2 Å². The summed E-state index contributed by atoms with van der Waals surface area (Å²) in [5.74, 6) is -2.12. The highest BCUT2D eigenvalue weighted by Crippen LogP contribution is 2.23. The lowest BCUT2D eigenvalue weighted by atomic mass is 10.1. The zero-order chi connectivity index (χ0) is 16.4. The fourth-order valence-corrected chi connectivity index (χ4v) is 2.46. The van der Waals surface area contributed by atoms with Crippen molar-refractivity contribution in [3.63, 3.8) is 0 Å². The van der Waals surface area contributed by atoms with Gasteiger partial charge in [0.2, 0.25) is 11.8 Å². The summed E-state index contributed by atoms with van der Waals surface area (Å²) in [4.78, 5) is 1.87. The first kappa shape index (κ1) is 15.9. The number of rotatable bonds is 4. The van der Waals surface area contributed by atoms with E-state index in [1.165, 1.54) is 0 Å². The minimum atomic E-state index is -1.19. The second-order valence-electron chi connectivity index (χ2n) is 5.34. The molecule has 8 heteroatoms. The lowest BCUT2D eigenvalue weighted by Gasteiger charge is -2.31. The Balaban J connectivity index is 1.70. The maximum Gasteiger partial charge on any atom is 0.246 e. The highest BCUT2D eigenvalue weighted by Gasteiger charge is 2.27. The first-order chi connectivity index (χ1) is 11.1. The summed E-state index contributed by atoms with van der Waals surface area (Å²) in [6, 6.07) is 1.45. The number of benzene rings is 1. The molecule has 2 aromatic rings. The van der Waals surface area contributed by atoms with Gasteiger partial charge in [0.25, 0.3) is 0 Å².